The Morgan fingerprint density at radius 2 is 2.05 bits per heavy atom. The molecule has 120 valence electrons. The summed E-state index contributed by atoms with van der Waals surface area (Å²) in [6.45, 7) is 2.60. The van der Waals surface area contributed by atoms with Gasteiger partial charge < -0.3 is 20.1 Å². The second-order valence-corrected chi connectivity index (χ2v) is 5.35. The second-order valence-electron chi connectivity index (χ2n) is 5.35. The highest BCUT2D eigenvalue weighted by Crippen LogP contribution is 2.16. The van der Waals surface area contributed by atoms with Gasteiger partial charge in [0, 0.05) is 19.0 Å². The molecule has 1 heterocycles. The lowest BCUT2D eigenvalue weighted by atomic mass is 10.1. The van der Waals surface area contributed by atoms with Crippen molar-refractivity contribution in [3.8, 4) is 0 Å². The van der Waals surface area contributed by atoms with Crippen molar-refractivity contribution < 1.29 is 24.2 Å². The molecule has 0 spiro atoms. The van der Waals surface area contributed by atoms with E-state index in [0.29, 0.717) is 6.54 Å². The molecule has 1 unspecified atom stereocenters. The van der Waals surface area contributed by atoms with E-state index in [0.717, 1.165) is 25.7 Å². The second kappa shape index (κ2) is 8.49. The Labute approximate surface area is 124 Å². The fourth-order valence-electron chi connectivity index (χ4n) is 2.43. The van der Waals surface area contributed by atoms with Crippen molar-refractivity contribution >= 4 is 18.0 Å². The number of carboxylic acid groups (broad SMARTS) is 1. The number of carbonyl (C=O) groups is 3. The number of rotatable bonds is 5. The SMILES string of the molecule is COC(=O)CC[C@H](NC(=O)N1CCCCCC1C)C(=O)O. The third-order valence-electron chi connectivity index (χ3n) is 3.77. The van der Waals surface area contributed by atoms with Gasteiger partial charge in [-0.1, -0.05) is 12.8 Å². The van der Waals surface area contributed by atoms with E-state index in [2.05, 4.69) is 10.1 Å². The molecule has 0 bridgehead atoms. The number of likely N-dealkylation sites (tertiary alicyclic amines) is 1. The van der Waals surface area contributed by atoms with Gasteiger partial charge in [-0.3, -0.25) is 4.79 Å². The molecule has 21 heavy (non-hydrogen) atoms. The molecule has 1 aliphatic rings. The van der Waals surface area contributed by atoms with Crippen LogP contribution in [0.2, 0.25) is 0 Å². The number of hydrogen-bond acceptors (Lipinski definition) is 4. The first-order chi connectivity index (χ1) is 9.95. The molecule has 2 atom stereocenters. The van der Waals surface area contributed by atoms with Gasteiger partial charge in [-0.15, -0.1) is 0 Å². The minimum absolute atomic E-state index is 0.0238. The van der Waals surface area contributed by atoms with Gasteiger partial charge in [0.05, 0.1) is 7.11 Å². The molecule has 0 aromatic carbocycles. The van der Waals surface area contributed by atoms with Gasteiger partial charge in [0.1, 0.15) is 6.04 Å². The molecule has 0 radical (unpaired) electrons. The van der Waals surface area contributed by atoms with Crippen molar-refractivity contribution in [3.05, 3.63) is 0 Å². The first-order valence-electron chi connectivity index (χ1n) is 7.32. The van der Waals surface area contributed by atoms with E-state index >= 15 is 0 Å². The predicted octanol–water partition coefficient (Wildman–Crippen LogP) is 1.37. The van der Waals surface area contributed by atoms with E-state index in [4.69, 9.17) is 5.11 Å². The van der Waals surface area contributed by atoms with Crippen molar-refractivity contribution in [2.24, 2.45) is 0 Å². The van der Waals surface area contributed by atoms with E-state index in [1.807, 2.05) is 6.92 Å². The van der Waals surface area contributed by atoms with E-state index in [1.54, 1.807) is 4.90 Å². The van der Waals surface area contributed by atoms with Crippen molar-refractivity contribution in [2.75, 3.05) is 13.7 Å². The van der Waals surface area contributed by atoms with E-state index in [-0.39, 0.29) is 24.9 Å². The molecule has 1 saturated heterocycles. The Morgan fingerprint density at radius 1 is 1.33 bits per heavy atom. The van der Waals surface area contributed by atoms with Gasteiger partial charge in [0.15, 0.2) is 0 Å². The van der Waals surface area contributed by atoms with Gasteiger partial charge in [0.2, 0.25) is 0 Å². The highest BCUT2D eigenvalue weighted by molar-refractivity contribution is 5.83. The first-order valence-corrected chi connectivity index (χ1v) is 7.32. The summed E-state index contributed by atoms with van der Waals surface area (Å²) in [6, 6.07) is -1.35. The van der Waals surface area contributed by atoms with Crippen molar-refractivity contribution in [3.63, 3.8) is 0 Å². The maximum atomic E-state index is 12.2. The molecule has 7 nitrogen and oxygen atoms in total. The highest BCUT2D eigenvalue weighted by Gasteiger charge is 2.27. The lowest BCUT2D eigenvalue weighted by Gasteiger charge is -2.28. The zero-order valence-electron chi connectivity index (χ0n) is 12.6. The van der Waals surface area contributed by atoms with Gasteiger partial charge in [-0.25, -0.2) is 9.59 Å². The minimum atomic E-state index is -1.14. The highest BCUT2D eigenvalue weighted by atomic mass is 16.5. The van der Waals surface area contributed by atoms with Crippen LogP contribution in [-0.2, 0) is 14.3 Å². The van der Waals surface area contributed by atoms with Crippen LogP contribution in [0.15, 0.2) is 0 Å². The van der Waals surface area contributed by atoms with Crippen LogP contribution in [-0.4, -0.2) is 53.7 Å². The van der Waals surface area contributed by atoms with Crippen LogP contribution < -0.4 is 5.32 Å². The number of nitrogens with zero attached hydrogens (tertiary/aromatic N) is 1. The summed E-state index contributed by atoms with van der Waals surface area (Å²) in [5.74, 6) is -1.63. The van der Waals surface area contributed by atoms with Gasteiger partial charge >= 0.3 is 18.0 Å². The maximum absolute atomic E-state index is 12.2. The average molecular weight is 300 g/mol. The Kier molecular flexibility index (Phi) is 6.98. The number of esters is 1. The number of nitrogens with one attached hydrogen (secondary N) is 1. The van der Waals surface area contributed by atoms with Crippen LogP contribution in [0.5, 0.6) is 0 Å². The summed E-state index contributed by atoms with van der Waals surface area (Å²) in [5.41, 5.74) is 0. The van der Waals surface area contributed by atoms with E-state index in [9.17, 15) is 14.4 Å². The van der Waals surface area contributed by atoms with Crippen LogP contribution in [0.1, 0.15) is 45.4 Å². The number of urea groups is 1. The monoisotopic (exact) mass is 300 g/mol. The number of carboxylic acids is 1. The Morgan fingerprint density at radius 3 is 2.67 bits per heavy atom. The summed E-state index contributed by atoms with van der Waals surface area (Å²) < 4.78 is 4.48. The predicted molar refractivity (Wildman–Crippen MR) is 75.8 cm³/mol. The average Bonchev–Trinajstić information content (AvgIpc) is 2.67. The molecule has 7 heteroatoms. The van der Waals surface area contributed by atoms with Crippen LogP contribution in [0, 0.1) is 0 Å². The number of hydrogen-bond donors (Lipinski definition) is 2. The smallest absolute Gasteiger partial charge is 0.326 e. The van der Waals surface area contributed by atoms with Gasteiger partial charge in [-0.2, -0.15) is 0 Å². The molecule has 0 aliphatic carbocycles. The van der Waals surface area contributed by atoms with E-state index in [1.165, 1.54) is 7.11 Å². The summed E-state index contributed by atoms with van der Waals surface area (Å²) in [7, 11) is 1.25. The molecule has 1 aliphatic heterocycles. The Hall–Kier alpha value is -1.79. The quantitative estimate of drug-likeness (QED) is 0.747. The van der Waals surface area contributed by atoms with Crippen molar-refractivity contribution in [1.82, 2.24) is 10.2 Å². The number of aliphatic carboxylic acids is 1. The fourth-order valence-corrected chi connectivity index (χ4v) is 2.43. The van der Waals surface area contributed by atoms with Crippen molar-refractivity contribution in [1.29, 1.82) is 0 Å². The third kappa shape index (κ3) is 5.61. The molecule has 1 fully saturated rings. The number of methoxy groups -OCH3 is 1. The Bertz CT molecular complexity index is 386. The number of amides is 2. The largest absolute Gasteiger partial charge is 0.480 e. The van der Waals surface area contributed by atoms with Crippen LogP contribution in [0.25, 0.3) is 0 Å². The topological polar surface area (TPSA) is 95.9 Å². The number of ether oxygens (including phenoxy) is 1. The summed E-state index contributed by atoms with van der Waals surface area (Å²) >= 11 is 0. The fraction of sp³-hybridized carbons (Fsp3) is 0.786. The zero-order chi connectivity index (χ0) is 15.8. The van der Waals surface area contributed by atoms with Crippen molar-refractivity contribution in [2.45, 2.75) is 57.5 Å². The van der Waals surface area contributed by atoms with Gasteiger partial charge in [0.25, 0.3) is 0 Å². The Balaban J connectivity index is 2.58. The van der Waals surface area contributed by atoms with Gasteiger partial charge in [-0.05, 0) is 26.2 Å². The minimum Gasteiger partial charge on any atom is -0.480 e. The molecular weight excluding hydrogens is 276 g/mol. The molecular formula is C14H24N2O5. The maximum Gasteiger partial charge on any atom is 0.326 e. The molecule has 0 aromatic rings. The van der Waals surface area contributed by atoms with Crippen LogP contribution in [0.3, 0.4) is 0 Å². The number of carbonyl (C=O) groups excluding carboxylic acids is 2. The summed E-state index contributed by atoms with van der Waals surface area (Å²) in [5, 5.41) is 11.6. The molecule has 2 amide bonds. The van der Waals surface area contributed by atoms with Crippen LogP contribution in [0.4, 0.5) is 4.79 Å². The standard InChI is InChI=1S/C14H24N2O5/c1-10-6-4-3-5-9-16(10)14(20)15-11(13(18)19)7-8-12(17)21-2/h10-11H,3-9H2,1-2H3,(H,15,20)(H,18,19)/t10?,11-/m0/s1. The lowest BCUT2D eigenvalue weighted by molar-refractivity contribution is -0.142. The molecule has 0 aromatic heterocycles. The first kappa shape index (κ1) is 17.3. The molecule has 1 rings (SSSR count). The summed E-state index contributed by atoms with van der Waals surface area (Å²) in [6.07, 6.45) is 4.00. The van der Waals surface area contributed by atoms with Crippen LogP contribution >= 0.6 is 0 Å². The zero-order valence-corrected chi connectivity index (χ0v) is 12.6. The molecule has 0 saturated carbocycles. The lowest BCUT2D eigenvalue weighted by Crippen LogP contribution is -2.50. The molecule has 2 N–H and O–H groups in total. The van der Waals surface area contributed by atoms with E-state index < -0.39 is 18.0 Å². The third-order valence-corrected chi connectivity index (χ3v) is 3.77. The normalized spacial score (nSPS) is 20.3. The summed E-state index contributed by atoms with van der Waals surface area (Å²) in [4.78, 5) is 36.2.